The second-order valence-electron chi connectivity index (χ2n) is 4.05. The fourth-order valence-corrected chi connectivity index (χ4v) is 1.96. The Balaban J connectivity index is 2.73. The third-order valence-corrected chi connectivity index (χ3v) is 2.86. The first kappa shape index (κ1) is 14.0. The Bertz CT molecular complexity index is 654. The van der Waals surface area contributed by atoms with Crippen molar-refractivity contribution in [3.05, 3.63) is 47.5 Å². The number of benzene rings is 2. The van der Waals surface area contributed by atoms with Crippen LogP contribution in [0.4, 0.5) is 8.78 Å². The van der Waals surface area contributed by atoms with E-state index < -0.39 is 11.6 Å². The van der Waals surface area contributed by atoms with Crippen molar-refractivity contribution in [2.24, 2.45) is 0 Å². The SMILES string of the molecule is COc1cc(C=O)cc(-c2ccc(F)cc2F)c1OC. The lowest BCUT2D eigenvalue weighted by atomic mass is 10.0. The molecule has 0 fully saturated rings. The first-order chi connectivity index (χ1) is 9.60. The van der Waals surface area contributed by atoms with Gasteiger partial charge >= 0.3 is 0 Å². The van der Waals surface area contributed by atoms with Crippen molar-refractivity contribution < 1.29 is 23.0 Å². The topological polar surface area (TPSA) is 35.5 Å². The average Bonchev–Trinajstić information content (AvgIpc) is 2.45. The Labute approximate surface area is 114 Å². The minimum atomic E-state index is -0.742. The number of carbonyl (C=O) groups is 1. The first-order valence-corrected chi connectivity index (χ1v) is 5.77. The highest BCUT2D eigenvalue weighted by Crippen LogP contribution is 2.40. The molecule has 0 atom stereocenters. The Morgan fingerprint density at radius 1 is 1.00 bits per heavy atom. The molecular weight excluding hydrogens is 266 g/mol. The van der Waals surface area contributed by atoms with Gasteiger partial charge in [0, 0.05) is 22.8 Å². The third-order valence-electron chi connectivity index (χ3n) is 2.86. The molecule has 3 nitrogen and oxygen atoms in total. The monoisotopic (exact) mass is 278 g/mol. The molecule has 0 aliphatic rings. The summed E-state index contributed by atoms with van der Waals surface area (Å²) in [5, 5.41) is 0. The molecule has 0 N–H and O–H groups in total. The van der Waals surface area contributed by atoms with Gasteiger partial charge in [-0.05, 0) is 24.3 Å². The highest BCUT2D eigenvalue weighted by Gasteiger charge is 2.17. The second-order valence-corrected chi connectivity index (χ2v) is 4.05. The van der Waals surface area contributed by atoms with Gasteiger partial charge in [-0.1, -0.05) is 0 Å². The van der Waals surface area contributed by atoms with Gasteiger partial charge < -0.3 is 9.47 Å². The summed E-state index contributed by atoms with van der Waals surface area (Å²) < 4.78 is 37.2. The molecule has 0 aliphatic heterocycles. The van der Waals surface area contributed by atoms with Gasteiger partial charge in [-0.25, -0.2) is 8.78 Å². The zero-order valence-electron chi connectivity index (χ0n) is 10.9. The lowest BCUT2D eigenvalue weighted by Gasteiger charge is -2.14. The molecule has 0 aliphatic carbocycles. The molecule has 0 saturated carbocycles. The van der Waals surface area contributed by atoms with E-state index in [1.807, 2.05) is 0 Å². The van der Waals surface area contributed by atoms with Gasteiger partial charge in [0.15, 0.2) is 11.5 Å². The summed E-state index contributed by atoms with van der Waals surface area (Å²) >= 11 is 0. The number of halogens is 2. The molecule has 5 heteroatoms. The van der Waals surface area contributed by atoms with Gasteiger partial charge in [0.05, 0.1) is 14.2 Å². The van der Waals surface area contributed by atoms with Crippen molar-refractivity contribution in [3.63, 3.8) is 0 Å². The molecule has 0 heterocycles. The maximum absolute atomic E-state index is 13.9. The van der Waals surface area contributed by atoms with Gasteiger partial charge in [-0.3, -0.25) is 4.79 Å². The largest absolute Gasteiger partial charge is 0.493 e. The zero-order valence-corrected chi connectivity index (χ0v) is 10.9. The summed E-state index contributed by atoms with van der Waals surface area (Å²) in [6.07, 6.45) is 0.618. The van der Waals surface area contributed by atoms with E-state index in [1.54, 1.807) is 0 Å². The van der Waals surface area contributed by atoms with Crippen LogP contribution < -0.4 is 9.47 Å². The molecule has 2 aromatic rings. The van der Waals surface area contributed by atoms with Crippen LogP contribution in [0, 0.1) is 11.6 Å². The van der Waals surface area contributed by atoms with E-state index in [2.05, 4.69) is 0 Å². The predicted octanol–water partition coefficient (Wildman–Crippen LogP) is 3.46. The van der Waals surface area contributed by atoms with Crippen molar-refractivity contribution in [2.45, 2.75) is 0 Å². The van der Waals surface area contributed by atoms with E-state index in [0.29, 0.717) is 23.2 Å². The van der Waals surface area contributed by atoms with Crippen LogP contribution in [-0.2, 0) is 0 Å². The third kappa shape index (κ3) is 2.47. The van der Waals surface area contributed by atoms with Crippen molar-refractivity contribution in [3.8, 4) is 22.6 Å². The molecule has 104 valence electrons. The van der Waals surface area contributed by atoms with E-state index >= 15 is 0 Å². The number of rotatable bonds is 4. The fourth-order valence-electron chi connectivity index (χ4n) is 1.96. The number of hydrogen-bond donors (Lipinski definition) is 0. The lowest BCUT2D eigenvalue weighted by molar-refractivity contribution is 0.112. The van der Waals surface area contributed by atoms with Crippen molar-refractivity contribution >= 4 is 6.29 Å². The van der Waals surface area contributed by atoms with Crippen LogP contribution in [0.25, 0.3) is 11.1 Å². The minimum absolute atomic E-state index is 0.130. The number of carbonyl (C=O) groups excluding carboxylic acids is 1. The Hall–Kier alpha value is -2.43. The number of aldehydes is 1. The van der Waals surface area contributed by atoms with Crippen LogP contribution >= 0.6 is 0 Å². The number of ether oxygens (including phenoxy) is 2. The molecule has 2 rings (SSSR count). The molecule has 0 amide bonds. The van der Waals surface area contributed by atoms with Crippen LogP contribution in [-0.4, -0.2) is 20.5 Å². The summed E-state index contributed by atoms with van der Waals surface area (Å²) in [7, 11) is 2.82. The molecule has 2 aromatic carbocycles. The van der Waals surface area contributed by atoms with Crippen LogP contribution in [0.1, 0.15) is 10.4 Å². The van der Waals surface area contributed by atoms with E-state index in [1.165, 1.54) is 32.4 Å². The van der Waals surface area contributed by atoms with Gasteiger partial charge in [0.2, 0.25) is 0 Å². The van der Waals surface area contributed by atoms with Gasteiger partial charge in [0.25, 0.3) is 0 Å². The molecule has 0 aromatic heterocycles. The second kappa shape index (κ2) is 5.69. The number of hydrogen-bond acceptors (Lipinski definition) is 3. The van der Waals surface area contributed by atoms with Crippen LogP contribution in [0.5, 0.6) is 11.5 Å². The Morgan fingerprint density at radius 3 is 2.30 bits per heavy atom. The standard InChI is InChI=1S/C15H12F2O3/c1-19-14-6-9(8-18)5-12(15(14)20-2)11-4-3-10(16)7-13(11)17/h3-8H,1-2H3. The maximum atomic E-state index is 13.9. The van der Waals surface area contributed by atoms with Crippen molar-refractivity contribution in [1.29, 1.82) is 0 Å². The summed E-state index contributed by atoms with van der Waals surface area (Å²) in [6.45, 7) is 0. The summed E-state index contributed by atoms with van der Waals surface area (Å²) in [4.78, 5) is 10.9. The molecule has 0 saturated heterocycles. The Kier molecular flexibility index (Phi) is 3.98. The molecular formula is C15H12F2O3. The Morgan fingerprint density at radius 2 is 1.75 bits per heavy atom. The molecule has 0 unspecified atom stereocenters. The number of methoxy groups -OCH3 is 2. The highest BCUT2D eigenvalue weighted by atomic mass is 19.1. The van der Waals surface area contributed by atoms with E-state index in [4.69, 9.17) is 9.47 Å². The highest BCUT2D eigenvalue weighted by molar-refractivity contribution is 5.84. The van der Waals surface area contributed by atoms with Crippen molar-refractivity contribution in [2.75, 3.05) is 14.2 Å². The summed E-state index contributed by atoms with van der Waals surface area (Å²) in [5.74, 6) is -0.837. The van der Waals surface area contributed by atoms with E-state index in [0.717, 1.165) is 12.1 Å². The van der Waals surface area contributed by atoms with Crippen LogP contribution in [0.3, 0.4) is 0 Å². The van der Waals surface area contributed by atoms with E-state index in [9.17, 15) is 13.6 Å². The molecule has 0 radical (unpaired) electrons. The van der Waals surface area contributed by atoms with Gasteiger partial charge in [0.1, 0.15) is 17.9 Å². The normalized spacial score (nSPS) is 10.2. The smallest absolute Gasteiger partial charge is 0.168 e. The van der Waals surface area contributed by atoms with Crippen molar-refractivity contribution in [1.82, 2.24) is 0 Å². The van der Waals surface area contributed by atoms with Gasteiger partial charge in [-0.15, -0.1) is 0 Å². The van der Waals surface area contributed by atoms with Gasteiger partial charge in [-0.2, -0.15) is 0 Å². The molecule has 0 spiro atoms. The minimum Gasteiger partial charge on any atom is -0.493 e. The molecule has 20 heavy (non-hydrogen) atoms. The predicted molar refractivity (Wildman–Crippen MR) is 70.3 cm³/mol. The maximum Gasteiger partial charge on any atom is 0.168 e. The van der Waals surface area contributed by atoms with E-state index in [-0.39, 0.29) is 11.3 Å². The fraction of sp³-hybridized carbons (Fsp3) is 0.133. The molecule has 0 bridgehead atoms. The zero-order chi connectivity index (χ0) is 14.7. The quantitative estimate of drug-likeness (QED) is 0.803. The average molecular weight is 278 g/mol. The summed E-state index contributed by atoms with van der Waals surface area (Å²) in [5.41, 5.74) is 0.762. The summed E-state index contributed by atoms with van der Waals surface area (Å²) in [6, 6.07) is 6.14. The van der Waals surface area contributed by atoms with Crippen LogP contribution in [0.15, 0.2) is 30.3 Å². The first-order valence-electron chi connectivity index (χ1n) is 5.77. The lowest BCUT2D eigenvalue weighted by Crippen LogP contribution is -1.97. The van der Waals surface area contributed by atoms with Crippen LogP contribution in [0.2, 0.25) is 0 Å².